The molecule has 0 fully saturated rings. The van der Waals surface area contributed by atoms with Crippen LogP contribution in [0.5, 0.6) is 11.5 Å². The number of aromatic nitrogens is 1. The van der Waals surface area contributed by atoms with Gasteiger partial charge in [-0.3, -0.25) is 0 Å². The Morgan fingerprint density at radius 2 is 1.86 bits per heavy atom. The van der Waals surface area contributed by atoms with Crippen LogP contribution in [-0.4, -0.2) is 19.2 Å². The van der Waals surface area contributed by atoms with Gasteiger partial charge in [-0.2, -0.15) is 0 Å². The zero-order valence-corrected chi connectivity index (χ0v) is 17.2. The fraction of sp³-hybridized carbons (Fsp3) is 0.174. The number of methoxy groups -OCH3 is 2. The zero-order chi connectivity index (χ0) is 20.1. The second-order valence-corrected chi connectivity index (χ2v) is 7.39. The van der Waals surface area contributed by atoms with Crippen LogP contribution in [0.3, 0.4) is 0 Å². The molecule has 0 saturated carbocycles. The van der Waals surface area contributed by atoms with Crippen molar-refractivity contribution in [3.05, 3.63) is 89.3 Å². The molecule has 29 heavy (non-hydrogen) atoms. The van der Waals surface area contributed by atoms with Gasteiger partial charge in [0, 0.05) is 10.9 Å². The van der Waals surface area contributed by atoms with Crippen molar-refractivity contribution in [2.24, 2.45) is 0 Å². The maximum Gasteiger partial charge on any atom is 0.170 e. The minimum atomic E-state index is 0.0858. The van der Waals surface area contributed by atoms with Crippen LogP contribution in [0.4, 0.5) is 0 Å². The summed E-state index contributed by atoms with van der Waals surface area (Å²) in [4.78, 5) is 4.83. The number of nitrogens with zero attached hydrogens (tertiary/aromatic N) is 1. The molecule has 0 radical (unpaired) electrons. The van der Waals surface area contributed by atoms with Gasteiger partial charge in [-0.15, -0.1) is 11.3 Å². The van der Waals surface area contributed by atoms with Crippen LogP contribution in [0, 0.1) is 0 Å². The van der Waals surface area contributed by atoms with E-state index in [1.54, 1.807) is 31.8 Å². The predicted molar refractivity (Wildman–Crippen MR) is 113 cm³/mol. The molecule has 0 aliphatic heterocycles. The average Bonchev–Trinajstić information content (AvgIpc) is 3.46. The Morgan fingerprint density at radius 1 is 1.00 bits per heavy atom. The van der Waals surface area contributed by atoms with Gasteiger partial charge in [0.05, 0.1) is 26.0 Å². The van der Waals surface area contributed by atoms with Crippen LogP contribution in [-0.2, 0) is 6.54 Å². The molecule has 1 atom stereocenters. The van der Waals surface area contributed by atoms with E-state index in [2.05, 4.69) is 35.0 Å². The third-order valence-corrected chi connectivity index (χ3v) is 5.68. The van der Waals surface area contributed by atoms with E-state index < -0.39 is 0 Å². The summed E-state index contributed by atoms with van der Waals surface area (Å²) in [6, 6.07) is 20.2. The molecule has 2 aromatic heterocycles. The lowest BCUT2D eigenvalue weighted by Crippen LogP contribution is -2.83. The summed E-state index contributed by atoms with van der Waals surface area (Å²) in [6.45, 7) is 0.739. The molecule has 0 unspecified atom stereocenters. The molecule has 2 N–H and O–H groups in total. The van der Waals surface area contributed by atoms with Crippen molar-refractivity contribution in [1.29, 1.82) is 0 Å². The van der Waals surface area contributed by atoms with E-state index in [4.69, 9.17) is 18.9 Å². The monoisotopic (exact) mass is 407 g/mol. The van der Waals surface area contributed by atoms with E-state index in [1.807, 2.05) is 36.4 Å². The third kappa shape index (κ3) is 4.18. The highest BCUT2D eigenvalue weighted by molar-refractivity contribution is 7.13. The normalized spacial score (nSPS) is 11.9. The molecule has 0 amide bonds. The SMILES string of the molecule is COc1cccc(-c2nc(C[NH2+][C@H](c3ccccc3)c3ccco3)cs2)c1OC. The smallest absolute Gasteiger partial charge is 0.170 e. The van der Waals surface area contributed by atoms with E-state index in [9.17, 15) is 0 Å². The summed E-state index contributed by atoms with van der Waals surface area (Å²) < 4.78 is 16.7. The van der Waals surface area contributed by atoms with E-state index >= 15 is 0 Å². The number of hydrogen-bond acceptors (Lipinski definition) is 5. The Balaban J connectivity index is 1.55. The van der Waals surface area contributed by atoms with Crippen LogP contribution in [0.15, 0.2) is 76.7 Å². The number of ether oxygens (including phenoxy) is 2. The minimum Gasteiger partial charge on any atom is -0.493 e. The number of furan rings is 1. The molecule has 4 aromatic rings. The van der Waals surface area contributed by atoms with Gasteiger partial charge >= 0.3 is 0 Å². The Morgan fingerprint density at radius 3 is 2.59 bits per heavy atom. The molecule has 5 nitrogen and oxygen atoms in total. The molecule has 0 aliphatic carbocycles. The zero-order valence-electron chi connectivity index (χ0n) is 16.4. The molecule has 2 heterocycles. The van der Waals surface area contributed by atoms with Gasteiger partial charge in [0.25, 0.3) is 0 Å². The third-order valence-electron chi connectivity index (χ3n) is 4.76. The van der Waals surface area contributed by atoms with Gasteiger partial charge in [0.15, 0.2) is 23.3 Å². The summed E-state index contributed by atoms with van der Waals surface area (Å²) >= 11 is 1.61. The molecule has 2 aromatic carbocycles. The number of thiazole rings is 1. The molecule has 0 spiro atoms. The number of hydrogen-bond donors (Lipinski definition) is 1. The van der Waals surface area contributed by atoms with Crippen molar-refractivity contribution in [3.8, 4) is 22.1 Å². The predicted octanol–water partition coefficient (Wildman–Crippen LogP) is 4.27. The van der Waals surface area contributed by atoms with E-state index in [0.29, 0.717) is 11.5 Å². The second kappa shape index (κ2) is 8.94. The lowest BCUT2D eigenvalue weighted by Gasteiger charge is -2.13. The molecule has 0 bridgehead atoms. The summed E-state index contributed by atoms with van der Waals surface area (Å²) in [6.07, 6.45) is 1.72. The summed E-state index contributed by atoms with van der Waals surface area (Å²) in [7, 11) is 3.29. The van der Waals surface area contributed by atoms with Gasteiger partial charge in [0.2, 0.25) is 0 Å². The van der Waals surface area contributed by atoms with Crippen LogP contribution in [0.1, 0.15) is 23.1 Å². The van der Waals surface area contributed by atoms with Crippen LogP contribution in [0.2, 0.25) is 0 Å². The van der Waals surface area contributed by atoms with Crippen LogP contribution in [0.25, 0.3) is 10.6 Å². The van der Waals surface area contributed by atoms with E-state index in [0.717, 1.165) is 28.6 Å². The summed E-state index contributed by atoms with van der Waals surface area (Å²) in [5.74, 6) is 2.34. The maximum absolute atomic E-state index is 5.69. The highest BCUT2D eigenvalue weighted by Crippen LogP contribution is 2.38. The Labute approximate surface area is 173 Å². The Bertz CT molecular complexity index is 1050. The first-order valence-corrected chi connectivity index (χ1v) is 10.3. The van der Waals surface area contributed by atoms with Gasteiger partial charge in [-0.25, -0.2) is 4.98 Å². The quantitative estimate of drug-likeness (QED) is 0.474. The van der Waals surface area contributed by atoms with E-state index in [-0.39, 0.29) is 6.04 Å². The lowest BCUT2D eigenvalue weighted by molar-refractivity contribution is -0.704. The topological polar surface area (TPSA) is 61.1 Å². The number of quaternary nitrogens is 1. The largest absolute Gasteiger partial charge is 0.493 e. The average molecular weight is 408 g/mol. The van der Waals surface area contributed by atoms with Crippen molar-refractivity contribution in [2.45, 2.75) is 12.6 Å². The highest BCUT2D eigenvalue weighted by atomic mass is 32.1. The van der Waals surface area contributed by atoms with Crippen molar-refractivity contribution in [3.63, 3.8) is 0 Å². The standard InChI is InChI=1S/C23H22N2O3S/c1-26-20-11-6-10-18(22(20)27-2)23-25-17(15-29-23)14-24-21(19-12-7-13-28-19)16-8-4-3-5-9-16/h3-13,15,21,24H,14H2,1-2H3/p+1/t21-/m1/s1. The first kappa shape index (κ1) is 19.2. The summed E-state index contributed by atoms with van der Waals surface area (Å²) in [5.41, 5.74) is 3.16. The second-order valence-electron chi connectivity index (χ2n) is 6.53. The van der Waals surface area contributed by atoms with Crippen LogP contribution < -0.4 is 14.8 Å². The Kier molecular flexibility index (Phi) is 5.93. The number of para-hydroxylation sites is 1. The van der Waals surface area contributed by atoms with Crippen molar-refractivity contribution in [1.82, 2.24) is 4.98 Å². The highest BCUT2D eigenvalue weighted by Gasteiger charge is 2.21. The number of benzene rings is 2. The molecule has 0 saturated heterocycles. The molecular weight excluding hydrogens is 384 g/mol. The molecule has 4 rings (SSSR count). The van der Waals surface area contributed by atoms with Gasteiger partial charge in [-0.1, -0.05) is 36.4 Å². The molecule has 0 aliphatic rings. The number of rotatable bonds is 8. The molecule has 148 valence electrons. The minimum absolute atomic E-state index is 0.0858. The van der Waals surface area contributed by atoms with Crippen LogP contribution >= 0.6 is 11.3 Å². The van der Waals surface area contributed by atoms with Crippen molar-refractivity contribution >= 4 is 11.3 Å². The fourth-order valence-electron chi connectivity index (χ4n) is 3.36. The van der Waals surface area contributed by atoms with Gasteiger partial charge in [-0.05, 0) is 24.3 Å². The van der Waals surface area contributed by atoms with Gasteiger partial charge < -0.3 is 19.2 Å². The van der Waals surface area contributed by atoms with Crippen molar-refractivity contribution < 1.29 is 19.2 Å². The molecule has 6 heteroatoms. The first-order chi connectivity index (χ1) is 14.3. The van der Waals surface area contributed by atoms with Crippen molar-refractivity contribution in [2.75, 3.05) is 14.2 Å². The summed E-state index contributed by atoms with van der Waals surface area (Å²) in [5, 5.41) is 5.25. The first-order valence-electron chi connectivity index (χ1n) is 9.37. The van der Waals surface area contributed by atoms with Gasteiger partial charge in [0.1, 0.15) is 17.2 Å². The molecular formula is C23H23N2O3S+. The lowest BCUT2D eigenvalue weighted by atomic mass is 10.0. The maximum atomic E-state index is 5.69. The van der Waals surface area contributed by atoms with E-state index in [1.165, 1.54) is 5.56 Å². The number of nitrogens with two attached hydrogens (primary N) is 1. The fourth-order valence-corrected chi connectivity index (χ4v) is 4.22. The Hall–Kier alpha value is -3.09.